The summed E-state index contributed by atoms with van der Waals surface area (Å²) in [5.74, 6) is -1.87. The number of anilines is 1. The van der Waals surface area contributed by atoms with Crippen LogP contribution in [0, 0.1) is 0 Å². The Labute approximate surface area is 154 Å². The summed E-state index contributed by atoms with van der Waals surface area (Å²) in [7, 11) is 0. The lowest BCUT2D eigenvalue weighted by Crippen LogP contribution is -2.42. The van der Waals surface area contributed by atoms with Gasteiger partial charge in [-0.1, -0.05) is 0 Å². The van der Waals surface area contributed by atoms with Gasteiger partial charge in [0.25, 0.3) is 5.91 Å². The fourth-order valence-electron chi connectivity index (χ4n) is 2.82. The molecule has 0 bridgehead atoms. The van der Waals surface area contributed by atoms with E-state index in [9.17, 15) is 27.6 Å². The molecular formula is C18H21F3N2O4. The Morgan fingerprint density at radius 1 is 1.19 bits per heavy atom. The summed E-state index contributed by atoms with van der Waals surface area (Å²) >= 11 is 0. The van der Waals surface area contributed by atoms with E-state index in [0.29, 0.717) is 23.6 Å². The van der Waals surface area contributed by atoms with Gasteiger partial charge in [0, 0.05) is 24.2 Å². The zero-order valence-corrected chi connectivity index (χ0v) is 14.9. The van der Waals surface area contributed by atoms with Gasteiger partial charge < -0.3 is 14.5 Å². The lowest BCUT2D eigenvalue weighted by Gasteiger charge is -2.27. The van der Waals surface area contributed by atoms with Gasteiger partial charge in [-0.2, -0.15) is 13.2 Å². The highest BCUT2D eigenvalue weighted by molar-refractivity contribution is 5.98. The van der Waals surface area contributed by atoms with Crippen molar-refractivity contribution in [1.29, 1.82) is 0 Å². The quantitative estimate of drug-likeness (QED) is 0.705. The van der Waals surface area contributed by atoms with Crippen LogP contribution < -0.4 is 4.90 Å². The molecule has 1 aliphatic rings. The maximum Gasteiger partial charge on any atom is 0.406 e. The number of nitrogens with zero attached hydrogens (tertiary/aromatic N) is 2. The molecule has 2 rings (SSSR count). The Balaban J connectivity index is 2.15. The number of hydrogen-bond donors (Lipinski definition) is 0. The summed E-state index contributed by atoms with van der Waals surface area (Å²) in [4.78, 5) is 37.9. The van der Waals surface area contributed by atoms with Gasteiger partial charge in [0.05, 0.1) is 6.61 Å². The van der Waals surface area contributed by atoms with Crippen molar-refractivity contribution in [3.8, 4) is 0 Å². The van der Waals surface area contributed by atoms with Crippen molar-refractivity contribution in [2.75, 3.05) is 31.1 Å². The molecule has 2 amide bonds. The molecule has 0 N–H and O–H groups in total. The van der Waals surface area contributed by atoms with Crippen LogP contribution >= 0.6 is 0 Å². The van der Waals surface area contributed by atoms with E-state index in [1.807, 2.05) is 0 Å². The lowest BCUT2D eigenvalue weighted by atomic mass is 10.1. The minimum Gasteiger partial charge on any atom is -0.465 e. The standard InChI is InChI=1S/C18H21F3N2O4/c1-2-27-16(25)11-22(12-18(19,20)21)17(26)13-6-8-14(9-7-13)23-10-4-3-5-15(23)24/h6-9H,2-5,10-12H2,1H3. The highest BCUT2D eigenvalue weighted by Crippen LogP contribution is 2.23. The largest absolute Gasteiger partial charge is 0.465 e. The van der Waals surface area contributed by atoms with Gasteiger partial charge in [0.1, 0.15) is 13.1 Å². The van der Waals surface area contributed by atoms with Crippen molar-refractivity contribution in [1.82, 2.24) is 4.90 Å². The van der Waals surface area contributed by atoms with Crippen LogP contribution in [0.4, 0.5) is 18.9 Å². The van der Waals surface area contributed by atoms with Gasteiger partial charge in [-0.3, -0.25) is 14.4 Å². The molecule has 0 saturated carbocycles. The predicted molar refractivity (Wildman–Crippen MR) is 91.2 cm³/mol. The van der Waals surface area contributed by atoms with E-state index >= 15 is 0 Å². The maximum atomic E-state index is 12.8. The Bertz CT molecular complexity index is 689. The summed E-state index contributed by atoms with van der Waals surface area (Å²) in [5.41, 5.74) is 0.584. The molecule has 1 aliphatic heterocycles. The number of benzene rings is 1. The van der Waals surface area contributed by atoms with Crippen LogP contribution in [0.2, 0.25) is 0 Å². The Hall–Kier alpha value is -2.58. The van der Waals surface area contributed by atoms with Crippen LogP contribution in [-0.4, -0.2) is 55.1 Å². The summed E-state index contributed by atoms with van der Waals surface area (Å²) < 4.78 is 43.0. The number of piperidine rings is 1. The van der Waals surface area contributed by atoms with Crippen LogP contribution in [0.3, 0.4) is 0 Å². The van der Waals surface area contributed by atoms with E-state index in [2.05, 4.69) is 4.74 Å². The minimum absolute atomic E-state index is 0.00300. The molecule has 6 nitrogen and oxygen atoms in total. The molecule has 27 heavy (non-hydrogen) atoms. The number of carbonyl (C=O) groups excluding carboxylic acids is 3. The van der Waals surface area contributed by atoms with E-state index in [1.54, 1.807) is 4.90 Å². The monoisotopic (exact) mass is 386 g/mol. The molecule has 0 aromatic heterocycles. The molecule has 1 heterocycles. The molecule has 0 spiro atoms. The van der Waals surface area contributed by atoms with Crippen molar-refractivity contribution in [3.05, 3.63) is 29.8 Å². The topological polar surface area (TPSA) is 66.9 Å². The summed E-state index contributed by atoms with van der Waals surface area (Å²) in [6.45, 7) is -0.259. The van der Waals surface area contributed by atoms with E-state index < -0.39 is 31.1 Å². The second-order valence-electron chi connectivity index (χ2n) is 6.13. The third kappa shape index (κ3) is 5.97. The van der Waals surface area contributed by atoms with Gasteiger partial charge in [0.15, 0.2) is 0 Å². The highest BCUT2D eigenvalue weighted by atomic mass is 19.4. The molecule has 1 aromatic carbocycles. The van der Waals surface area contributed by atoms with E-state index in [-0.39, 0.29) is 18.1 Å². The average molecular weight is 386 g/mol. The molecule has 1 fully saturated rings. The van der Waals surface area contributed by atoms with Crippen molar-refractivity contribution in [2.24, 2.45) is 0 Å². The summed E-state index contributed by atoms with van der Waals surface area (Å²) in [6.07, 6.45) is -2.51. The fourth-order valence-corrected chi connectivity index (χ4v) is 2.82. The van der Waals surface area contributed by atoms with E-state index in [0.717, 1.165) is 12.8 Å². The Kier molecular flexibility index (Phi) is 6.81. The Morgan fingerprint density at radius 3 is 2.41 bits per heavy atom. The molecular weight excluding hydrogens is 365 g/mol. The first kappa shape index (κ1) is 20.7. The third-order valence-corrected chi connectivity index (χ3v) is 4.03. The van der Waals surface area contributed by atoms with Gasteiger partial charge in [-0.25, -0.2) is 0 Å². The fraction of sp³-hybridized carbons (Fsp3) is 0.500. The van der Waals surface area contributed by atoms with Gasteiger partial charge in [0.2, 0.25) is 5.91 Å². The minimum atomic E-state index is -4.65. The van der Waals surface area contributed by atoms with Crippen LogP contribution in [0.15, 0.2) is 24.3 Å². The van der Waals surface area contributed by atoms with Gasteiger partial charge in [-0.05, 0) is 44.0 Å². The zero-order chi connectivity index (χ0) is 20.0. The second kappa shape index (κ2) is 8.88. The molecule has 1 aromatic rings. The molecule has 0 aliphatic carbocycles. The van der Waals surface area contributed by atoms with Crippen LogP contribution in [0.25, 0.3) is 0 Å². The number of amides is 2. The van der Waals surface area contributed by atoms with Crippen LogP contribution in [0.5, 0.6) is 0 Å². The predicted octanol–water partition coefficient (Wildman–Crippen LogP) is 2.77. The number of esters is 1. The smallest absolute Gasteiger partial charge is 0.406 e. The number of alkyl halides is 3. The summed E-state index contributed by atoms with van der Waals surface area (Å²) in [5, 5.41) is 0. The van der Waals surface area contributed by atoms with Crippen molar-refractivity contribution in [3.63, 3.8) is 0 Å². The molecule has 148 valence electrons. The van der Waals surface area contributed by atoms with Crippen molar-refractivity contribution >= 4 is 23.5 Å². The van der Waals surface area contributed by atoms with Crippen LogP contribution in [0.1, 0.15) is 36.5 Å². The third-order valence-electron chi connectivity index (χ3n) is 4.03. The zero-order valence-electron chi connectivity index (χ0n) is 14.9. The first-order chi connectivity index (χ1) is 12.7. The number of halogens is 3. The molecule has 9 heteroatoms. The van der Waals surface area contributed by atoms with Gasteiger partial charge >= 0.3 is 12.1 Å². The Morgan fingerprint density at radius 2 is 1.85 bits per heavy atom. The average Bonchev–Trinajstić information content (AvgIpc) is 2.60. The van der Waals surface area contributed by atoms with Crippen LogP contribution in [-0.2, 0) is 14.3 Å². The number of carbonyl (C=O) groups is 3. The lowest BCUT2D eigenvalue weighted by molar-refractivity contribution is -0.153. The maximum absolute atomic E-state index is 12.8. The highest BCUT2D eigenvalue weighted by Gasteiger charge is 2.34. The van der Waals surface area contributed by atoms with E-state index in [4.69, 9.17) is 0 Å². The normalized spacial score (nSPS) is 14.8. The summed E-state index contributed by atoms with van der Waals surface area (Å²) in [6, 6.07) is 5.75. The molecule has 0 atom stereocenters. The SMILES string of the molecule is CCOC(=O)CN(CC(F)(F)F)C(=O)c1ccc(N2CCCCC2=O)cc1. The second-order valence-corrected chi connectivity index (χ2v) is 6.13. The van der Waals surface area contributed by atoms with Crippen molar-refractivity contribution < 1.29 is 32.3 Å². The molecule has 0 unspecified atom stereocenters. The van der Waals surface area contributed by atoms with E-state index in [1.165, 1.54) is 31.2 Å². The molecule has 0 radical (unpaired) electrons. The first-order valence-electron chi connectivity index (χ1n) is 8.63. The number of ether oxygens (including phenoxy) is 1. The first-order valence-corrected chi connectivity index (χ1v) is 8.63. The van der Waals surface area contributed by atoms with Gasteiger partial charge in [-0.15, -0.1) is 0 Å². The molecule has 1 saturated heterocycles. The number of hydrogen-bond acceptors (Lipinski definition) is 4. The van der Waals surface area contributed by atoms with Crippen molar-refractivity contribution in [2.45, 2.75) is 32.4 Å². The number of rotatable bonds is 6.